The molecule has 119 heavy (non-hydrogen) atoms. The molecule has 35 nitrogen and oxygen atoms in total. The van der Waals surface area contributed by atoms with Gasteiger partial charge in [0.2, 0.25) is 17.7 Å². The highest BCUT2D eigenvalue weighted by atomic mass is 16.8. The standard InChI is InChI=1S/C84H151N3O32/c1-6-8-10-12-14-16-18-20-21-22-23-24-25-26-27-28-29-31-33-35-37-39-41-43-60(95)87-53(54(94)42-40-38-36-34-32-30-19-17-15-13-11-9-7-2)48-108-82-71(104)69(102)74(57(46-90)113-82)117-83-72(105)70(103)75(58(47-91)114-83)118-84-73(106)77(66(99)56(45-89)112-84)119-81-61(85-51(4)92)67(100)64(97)59(115-81)49-109-80-62(86-52(5)93)76(65(98)55(44-88)111-80)116-78-68(101)63(96)50(3)110-79(78)107/h20-21,40,42,50,53-59,61-84,88-91,94,96-107H,6-19,22-39,41,43-49H2,1-5H3,(H,85,92)(H,86,93)(H,87,95)/b21-20-,42-40+/t50?,53-,54+,55?,56?,57?,58?,59?,61?,62?,63+,64-,65+,66-,67+,68?,69+,70+,71?,72?,73?,74+,75-,76+,77-,78-,79+,80+,81-,82+,83-,84-/m0/s1. The summed E-state index contributed by atoms with van der Waals surface area (Å²) in [6.45, 7) is 2.73. The smallest absolute Gasteiger partial charge is 0.220 e. The number of aliphatic hydroxyl groups is 17. The van der Waals surface area contributed by atoms with Crippen LogP contribution in [0.5, 0.6) is 0 Å². The third-order valence-corrected chi connectivity index (χ3v) is 23.3. The molecular formula is C84H151N3O32. The average molecular weight is 1720 g/mol. The van der Waals surface area contributed by atoms with E-state index in [-0.39, 0.29) is 12.3 Å². The molecule has 0 saturated carbocycles. The maximum Gasteiger partial charge on any atom is 0.220 e. The first-order chi connectivity index (χ1) is 57.2. The van der Waals surface area contributed by atoms with E-state index in [4.69, 9.17) is 56.8 Å². The molecule has 6 fully saturated rings. The number of ether oxygens (including phenoxy) is 12. The van der Waals surface area contributed by atoms with E-state index in [1.54, 1.807) is 6.08 Å². The molecule has 0 spiro atoms. The summed E-state index contributed by atoms with van der Waals surface area (Å²) in [5, 5.41) is 198. The van der Waals surface area contributed by atoms with Crippen molar-refractivity contribution in [1.29, 1.82) is 0 Å². The van der Waals surface area contributed by atoms with Crippen LogP contribution >= 0.6 is 0 Å². The second-order valence-electron chi connectivity index (χ2n) is 33.1. The van der Waals surface area contributed by atoms with Gasteiger partial charge in [-0.3, -0.25) is 14.4 Å². The minimum Gasteiger partial charge on any atom is -0.394 e. The van der Waals surface area contributed by atoms with E-state index in [9.17, 15) is 101 Å². The molecule has 3 amide bonds. The van der Waals surface area contributed by atoms with Gasteiger partial charge in [0, 0.05) is 20.3 Å². The molecule has 32 atom stereocenters. The predicted octanol–water partition coefficient (Wildman–Crippen LogP) is 1.50. The van der Waals surface area contributed by atoms with E-state index in [2.05, 4.69) is 41.9 Å². The van der Waals surface area contributed by atoms with E-state index in [0.717, 1.165) is 65.2 Å². The van der Waals surface area contributed by atoms with Crippen molar-refractivity contribution < 1.29 is 158 Å². The van der Waals surface area contributed by atoms with Crippen LogP contribution in [0, 0.1) is 0 Å². The van der Waals surface area contributed by atoms with Gasteiger partial charge in [0.25, 0.3) is 0 Å². The Balaban J connectivity index is 1.03. The van der Waals surface area contributed by atoms with Crippen LogP contribution in [0.25, 0.3) is 0 Å². The Morgan fingerprint density at radius 2 is 0.756 bits per heavy atom. The summed E-state index contributed by atoms with van der Waals surface area (Å²) in [6.07, 6.45) is -6.27. The van der Waals surface area contributed by atoms with Crippen molar-refractivity contribution in [2.75, 3.05) is 39.6 Å². The van der Waals surface area contributed by atoms with Crippen LogP contribution in [-0.2, 0) is 71.2 Å². The van der Waals surface area contributed by atoms with Crippen LogP contribution in [0.1, 0.15) is 253 Å². The Bertz CT molecular complexity index is 2770. The van der Waals surface area contributed by atoms with E-state index in [1.807, 2.05) is 6.08 Å². The Kier molecular flexibility index (Phi) is 50.4. The fourth-order valence-corrected chi connectivity index (χ4v) is 16.1. The quantitative estimate of drug-likeness (QED) is 0.0303. The van der Waals surface area contributed by atoms with E-state index in [0.29, 0.717) is 12.8 Å². The maximum absolute atomic E-state index is 13.6. The Labute approximate surface area is 702 Å². The van der Waals surface area contributed by atoms with Gasteiger partial charge in [-0.1, -0.05) is 205 Å². The molecular weight excluding hydrogens is 1560 g/mol. The summed E-state index contributed by atoms with van der Waals surface area (Å²) < 4.78 is 70.6. The number of hydrogen-bond donors (Lipinski definition) is 20. The summed E-state index contributed by atoms with van der Waals surface area (Å²) in [5.74, 6) is -1.92. The van der Waals surface area contributed by atoms with Crippen molar-refractivity contribution in [3.05, 3.63) is 24.3 Å². The lowest BCUT2D eigenvalue weighted by atomic mass is 9.94. The van der Waals surface area contributed by atoms with Gasteiger partial charge in [-0.25, -0.2) is 0 Å². The van der Waals surface area contributed by atoms with Gasteiger partial charge in [0.15, 0.2) is 37.7 Å². The monoisotopic (exact) mass is 1710 g/mol. The highest BCUT2D eigenvalue weighted by molar-refractivity contribution is 5.76. The zero-order valence-corrected chi connectivity index (χ0v) is 70.8. The van der Waals surface area contributed by atoms with Crippen LogP contribution in [0.2, 0.25) is 0 Å². The van der Waals surface area contributed by atoms with Crippen LogP contribution in [-0.4, -0.2) is 340 Å². The number of amides is 3. The summed E-state index contributed by atoms with van der Waals surface area (Å²) in [7, 11) is 0. The van der Waals surface area contributed by atoms with Crippen molar-refractivity contribution in [2.24, 2.45) is 0 Å². The molecule has 6 aliphatic heterocycles. The Hall–Kier alpha value is -3.27. The van der Waals surface area contributed by atoms with Gasteiger partial charge in [-0.15, -0.1) is 0 Å². The maximum atomic E-state index is 13.6. The molecule has 0 aliphatic carbocycles. The largest absolute Gasteiger partial charge is 0.394 e. The molecule has 0 aromatic carbocycles. The molecule has 0 bridgehead atoms. The number of nitrogens with one attached hydrogen (secondary N) is 3. The number of carbonyl (C=O) groups is 3. The van der Waals surface area contributed by atoms with Gasteiger partial charge in [0.1, 0.15) is 140 Å². The van der Waals surface area contributed by atoms with Crippen molar-refractivity contribution in [2.45, 2.75) is 449 Å². The fourth-order valence-electron chi connectivity index (χ4n) is 16.1. The van der Waals surface area contributed by atoms with Crippen LogP contribution < -0.4 is 16.0 Å². The van der Waals surface area contributed by atoms with Crippen molar-refractivity contribution in [1.82, 2.24) is 16.0 Å². The van der Waals surface area contributed by atoms with Gasteiger partial charge in [-0.05, 0) is 51.9 Å². The molecule has 0 aromatic rings. The average Bonchev–Trinajstić information content (AvgIpc) is 0.762. The van der Waals surface area contributed by atoms with Crippen LogP contribution in [0.3, 0.4) is 0 Å². The second kappa shape index (κ2) is 57.4. The van der Waals surface area contributed by atoms with Crippen molar-refractivity contribution >= 4 is 17.7 Å². The lowest BCUT2D eigenvalue weighted by molar-refractivity contribution is -0.387. The lowest BCUT2D eigenvalue weighted by Crippen LogP contribution is -2.69. The minimum absolute atomic E-state index is 0.183. The van der Waals surface area contributed by atoms with Crippen LogP contribution in [0.15, 0.2) is 24.3 Å². The normalized spacial score (nSPS) is 35.8. The zero-order valence-electron chi connectivity index (χ0n) is 70.8. The number of carbonyl (C=O) groups excluding carboxylic acids is 3. The first-order valence-corrected chi connectivity index (χ1v) is 44.5. The van der Waals surface area contributed by atoms with Crippen LogP contribution in [0.4, 0.5) is 0 Å². The molecule has 0 aromatic heterocycles. The molecule has 6 saturated heterocycles. The number of rotatable bonds is 58. The number of unbranched alkanes of at least 4 members (excludes halogenated alkanes) is 30. The summed E-state index contributed by atoms with van der Waals surface area (Å²) >= 11 is 0. The number of allylic oxidation sites excluding steroid dienone is 3. The number of aliphatic hydroxyl groups excluding tert-OH is 17. The molecule has 694 valence electrons. The van der Waals surface area contributed by atoms with E-state index < -0.39 is 248 Å². The first kappa shape index (κ1) is 105. The Morgan fingerprint density at radius 3 is 1.24 bits per heavy atom. The van der Waals surface area contributed by atoms with Gasteiger partial charge >= 0.3 is 0 Å². The van der Waals surface area contributed by atoms with E-state index >= 15 is 0 Å². The molecule has 6 aliphatic rings. The second-order valence-corrected chi connectivity index (χ2v) is 33.1. The highest BCUT2D eigenvalue weighted by Crippen LogP contribution is 2.37. The third-order valence-electron chi connectivity index (χ3n) is 23.3. The van der Waals surface area contributed by atoms with Crippen molar-refractivity contribution in [3.63, 3.8) is 0 Å². The topological polar surface area (TPSA) is 542 Å². The molecule has 12 unspecified atom stereocenters. The summed E-state index contributed by atoms with van der Waals surface area (Å²) in [5.41, 5.74) is 0. The highest BCUT2D eigenvalue weighted by Gasteiger charge is 2.58. The SMILES string of the molecule is CCCCCCCC/C=C\CCCCCCCCCCCCCCCC(=O)N[C@@H](CO[C@@H]1OC(CO)[C@@H](O[C@@H]2OC(CO)[C@H](O[C@@H]3OC(CO)[C@H](O)[C@H](O[C@@H]4OC(CO[C@@H]5OC(CO)[C@@H](O)[C@H](O[C@H]6C(O)[C@H](O)C(C)O[C@H]6O)C5NC(C)=O)[C@H](O)[C@H](O)C4NC(C)=O)C3O)[C@H](O)C2O)[C@H](O)C1O)[C@H](O)/C=C/CCCCCCCCCCCCC. The van der Waals surface area contributed by atoms with Gasteiger partial charge < -0.3 is 160 Å². The third kappa shape index (κ3) is 34.1. The van der Waals surface area contributed by atoms with E-state index in [1.165, 1.54) is 155 Å². The number of hydrogen-bond acceptors (Lipinski definition) is 32. The summed E-state index contributed by atoms with van der Waals surface area (Å²) in [4.78, 5) is 38.9. The Morgan fingerprint density at radius 1 is 0.361 bits per heavy atom. The minimum atomic E-state index is -2.24. The molecule has 0 radical (unpaired) electrons. The first-order valence-electron chi connectivity index (χ1n) is 44.5. The fraction of sp³-hybridized carbons (Fsp3) is 0.917. The predicted molar refractivity (Wildman–Crippen MR) is 429 cm³/mol. The molecule has 6 rings (SSSR count). The lowest BCUT2D eigenvalue weighted by Gasteiger charge is -2.50. The summed E-state index contributed by atoms with van der Waals surface area (Å²) in [6, 6.07) is -4.40. The van der Waals surface area contributed by atoms with Gasteiger partial charge in [0.05, 0.1) is 57.9 Å². The molecule has 6 heterocycles. The van der Waals surface area contributed by atoms with Crippen molar-refractivity contribution in [3.8, 4) is 0 Å². The molecule has 35 heteroatoms. The zero-order chi connectivity index (χ0) is 86.9. The molecule has 20 N–H and O–H groups in total. The van der Waals surface area contributed by atoms with Gasteiger partial charge in [-0.2, -0.15) is 0 Å².